The summed E-state index contributed by atoms with van der Waals surface area (Å²) in [5.41, 5.74) is 0.628. The van der Waals surface area contributed by atoms with Crippen LogP contribution in [0.5, 0.6) is 0 Å². The Morgan fingerprint density at radius 2 is 1.69 bits per heavy atom. The fourth-order valence-electron chi connectivity index (χ4n) is 2.78. The lowest BCUT2D eigenvalue weighted by molar-refractivity contribution is -0.137. The lowest BCUT2D eigenvalue weighted by Crippen LogP contribution is -2.21. The summed E-state index contributed by atoms with van der Waals surface area (Å²) in [6.07, 6.45) is -1.64. The van der Waals surface area contributed by atoms with E-state index < -0.39 is 23.9 Å². The molecule has 0 bridgehead atoms. The van der Waals surface area contributed by atoms with Gasteiger partial charge in [0.1, 0.15) is 6.10 Å². The van der Waals surface area contributed by atoms with Crippen LogP contribution in [0.1, 0.15) is 28.8 Å². The number of hydrogen-bond donors (Lipinski definition) is 1. The summed E-state index contributed by atoms with van der Waals surface area (Å²) in [4.78, 5) is 0. The zero-order valence-electron chi connectivity index (χ0n) is 13.6. The van der Waals surface area contributed by atoms with Gasteiger partial charge < -0.3 is 5.11 Å². The van der Waals surface area contributed by atoms with Crippen molar-refractivity contribution in [2.45, 2.75) is 24.7 Å². The highest BCUT2D eigenvalue weighted by Gasteiger charge is 2.30. The topological polar surface area (TPSA) is 38.0 Å². The number of hydrogen-bond acceptors (Lipinski definition) is 2. The molecule has 0 saturated heterocycles. The Bertz CT molecular complexity index is 831. The molecule has 0 fully saturated rings. The number of halogens is 4. The molecule has 136 valence electrons. The van der Waals surface area contributed by atoms with Crippen LogP contribution >= 0.6 is 11.6 Å². The normalized spacial score (nSPS) is 14.2. The molecular formula is C19H16ClF3N2O. The smallest absolute Gasteiger partial charge is 0.386 e. The number of alkyl halides is 3. The molecule has 2 aromatic carbocycles. The predicted octanol–water partition coefficient (Wildman–Crippen LogP) is 5.07. The zero-order chi connectivity index (χ0) is 18.7. The van der Waals surface area contributed by atoms with Crippen LogP contribution in [0, 0.1) is 0 Å². The Kier molecular flexibility index (Phi) is 5.34. The van der Waals surface area contributed by atoms with Gasteiger partial charge in [0.2, 0.25) is 0 Å². The molecule has 1 heterocycles. The van der Waals surface area contributed by atoms with E-state index in [0.717, 1.165) is 12.1 Å². The minimum Gasteiger partial charge on any atom is -0.386 e. The fraction of sp³-hybridized carbons (Fsp3) is 0.211. The van der Waals surface area contributed by atoms with Crippen LogP contribution < -0.4 is 0 Å². The summed E-state index contributed by atoms with van der Waals surface area (Å²) in [6, 6.07) is 13.0. The molecule has 7 heteroatoms. The van der Waals surface area contributed by atoms with E-state index in [4.69, 9.17) is 11.6 Å². The third kappa shape index (κ3) is 4.26. The van der Waals surface area contributed by atoms with E-state index in [1.54, 1.807) is 47.4 Å². The van der Waals surface area contributed by atoms with Gasteiger partial charge in [-0.2, -0.15) is 18.3 Å². The van der Waals surface area contributed by atoms with Crippen molar-refractivity contribution in [1.82, 2.24) is 9.78 Å². The Labute approximate surface area is 153 Å². The monoisotopic (exact) mass is 380 g/mol. The van der Waals surface area contributed by atoms with E-state index in [-0.39, 0.29) is 0 Å². The number of aliphatic hydroxyl groups is 1. The standard InChI is InChI=1S/C19H16ClF3N2O/c20-16-8-4-14(5-9-16)18(26)17(25-11-1-10-24-25)12-13-2-6-15(7-3-13)19(21,22)23/h1-11,17-18,26H,12H2. The minimum atomic E-state index is -4.37. The van der Waals surface area contributed by atoms with Crippen LogP contribution in [-0.4, -0.2) is 14.9 Å². The Morgan fingerprint density at radius 1 is 1.04 bits per heavy atom. The van der Waals surface area contributed by atoms with E-state index in [1.165, 1.54) is 12.1 Å². The second-order valence-corrected chi connectivity index (χ2v) is 6.39. The summed E-state index contributed by atoms with van der Waals surface area (Å²) in [7, 11) is 0. The maximum atomic E-state index is 12.7. The van der Waals surface area contributed by atoms with Gasteiger partial charge in [-0.05, 0) is 47.9 Å². The van der Waals surface area contributed by atoms with Gasteiger partial charge in [-0.15, -0.1) is 0 Å². The quantitative estimate of drug-likeness (QED) is 0.670. The van der Waals surface area contributed by atoms with Gasteiger partial charge in [0.15, 0.2) is 0 Å². The minimum absolute atomic E-state index is 0.323. The molecule has 1 aromatic heterocycles. The van der Waals surface area contributed by atoms with Crippen molar-refractivity contribution >= 4 is 11.6 Å². The van der Waals surface area contributed by atoms with Gasteiger partial charge in [0.25, 0.3) is 0 Å². The Hall–Kier alpha value is -2.31. The van der Waals surface area contributed by atoms with Crippen molar-refractivity contribution in [2.75, 3.05) is 0 Å². The molecule has 0 saturated carbocycles. The Balaban J connectivity index is 1.86. The first kappa shape index (κ1) is 18.5. The van der Waals surface area contributed by atoms with E-state index in [0.29, 0.717) is 22.6 Å². The molecule has 0 aliphatic carbocycles. The second kappa shape index (κ2) is 7.51. The van der Waals surface area contributed by atoms with Gasteiger partial charge in [-0.25, -0.2) is 0 Å². The number of aromatic nitrogens is 2. The largest absolute Gasteiger partial charge is 0.416 e. The predicted molar refractivity (Wildman–Crippen MR) is 92.8 cm³/mol. The van der Waals surface area contributed by atoms with Crippen LogP contribution in [-0.2, 0) is 12.6 Å². The fourth-order valence-corrected chi connectivity index (χ4v) is 2.91. The van der Waals surface area contributed by atoms with Crippen molar-refractivity contribution in [2.24, 2.45) is 0 Å². The number of aliphatic hydroxyl groups excluding tert-OH is 1. The highest BCUT2D eigenvalue weighted by molar-refractivity contribution is 6.30. The molecule has 0 amide bonds. The molecule has 0 aliphatic heterocycles. The summed E-state index contributed by atoms with van der Waals surface area (Å²) >= 11 is 5.89. The van der Waals surface area contributed by atoms with E-state index in [2.05, 4.69) is 5.10 Å². The number of nitrogens with zero attached hydrogens (tertiary/aromatic N) is 2. The SMILES string of the molecule is OC(c1ccc(Cl)cc1)C(Cc1ccc(C(F)(F)F)cc1)n1cccn1. The maximum absolute atomic E-state index is 12.7. The highest BCUT2D eigenvalue weighted by atomic mass is 35.5. The van der Waals surface area contributed by atoms with Crippen LogP contribution in [0.2, 0.25) is 5.02 Å². The summed E-state index contributed by atoms with van der Waals surface area (Å²) in [5.74, 6) is 0. The average Bonchev–Trinajstić information content (AvgIpc) is 3.14. The lowest BCUT2D eigenvalue weighted by Gasteiger charge is -2.24. The van der Waals surface area contributed by atoms with E-state index in [1.807, 2.05) is 0 Å². The van der Waals surface area contributed by atoms with Crippen molar-refractivity contribution in [3.8, 4) is 0 Å². The molecule has 3 aromatic rings. The van der Waals surface area contributed by atoms with Crippen LogP contribution in [0.3, 0.4) is 0 Å². The van der Waals surface area contributed by atoms with Crippen molar-refractivity contribution in [1.29, 1.82) is 0 Å². The summed E-state index contributed by atoms with van der Waals surface area (Å²) in [6.45, 7) is 0. The molecule has 26 heavy (non-hydrogen) atoms. The molecular weight excluding hydrogens is 365 g/mol. The molecule has 1 N–H and O–H groups in total. The molecule has 0 radical (unpaired) electrons. The van der Waals surface area contributed by atoms with Gasteiger partial charge in [-0.3, -0.25) is 4.68 Å². The van der Waals surface area contributed by atoms with E-state index in [9.17, 15) is 18.3 Å². The number of rotatable bonds is 5. The molecule has 3 rings (SSSR count). The lowest BCUT2D eigenvalue weighted by atomic mass is 9.95. The van der Waals surface area contributed by atoms with Crippen LogP contribution in [0.15, 0.2) is 67.0 Å². The van der Waals surface area contributed by atoms with Crippen molar-refractivity contribution in [3.63, 3.8) is 0 Å². The average molecular weight is 381 g/mol. The van der Waals surface area contributed by atoms with Crippen LogP contribution in [0.4, 0.5) is 13.2 Å². The van der Waals surface area contributed by atoms with Crippen molar-refractivity contribution in [3.05, 3.63) is 88.7 Å². The molecule has 2 atom stereocenters. The molecule has 0 spiro atoms. The third-order valence-electron chi connectivity index (χ3n) is 4.17. The van der Waals surface area contributed by atoms with Gasteiger partial charge in [0.05, 0.1) is 11.6 Å². The first-order chi connectivity index (χ1) is 12.3. The first-order valence-electron chi connectivity index (χ1n) is 7.93. The highest BCUT2D eigenvalue weighted by Crippen LogP contribution is 2.32. The zero-order valence-corrected chi connectivity index (χ0v) is 14.3. The van der Waals surface area contributed by atoms with Gasteiger partial charge in [-0.1, -0.05) is 35.9 Å². The molecule has 3 nitrogen and oxygen atoms in total. The summed E-state index contributed by atoms with van der Waals surface area (Å²) in [5, 5.41) is 15.5. The van der Waals surface area contributed by atoms with Crippen LogP contribution in [0.25, 0.3) is 0 Å². The second-order valence-electron chi connectivity index (χ2n) is 5.95. The molecule has 0 aliphatic rings. The van der Waals surface area contributed by atoms with Gasteiger partial charge >= 0.3 is 6.18 Å². The third-order valence-corrected chi connectivity index (χ3v) is 4.42. The molecule has 2 unspecified atom stereocenters. The number of benzene rings is 2. The summed E-state index contributed by atoms with van der Waals surface area (Å²) < 4.78 is 39.8. The van der Waals surface area contributed by atoms with Crippen molar-refractivity contribution < 1.29 is 18.3 Å². The van der Waals surface area contributed by atoms with Gasteiger partial charge in [0, 0.05) is 17.4 Å². The maximum Gasteiger partial charge on any atom is 0.416 e. The van der Waals surface area contributed by atoms with E-state index >= 15 is 0 Å². The Morgan fingerprint density at radius 3 is 2.23 bits per heavy atom. The first-order valence-corrected chi connectivity index (χ1v) is 8.31.